The van der Waals surface area contributed by atoms with E-state index < -0.39 is 10.2 Å². The monoisotopic (exact) mass is 438 g/mol. The average Bonchev–Trinajstić information content (AvgIpc) is 3.24. The molecule has 3 fully saturated rings. The Bertz CT molecular complexity index is 794. The number of aromatic nitrogens is 1. The van der Waals surface area contributed by atoms with Gasteiger partial charge in [0.15, 0.2) is 0 Å². The maximum absolute atomic E-state index is 13.4. The van der Waals surface area contributed by atoms with Crippen molar-refractivity contribution in [2.24, 2.45) is 17.6 Å². The van der Waals surface area contributed by atoms with Gasteiger partial charge in [-0.25, -0.2) is 4.98 Å². The molecule has 1 aromatic heterocycles. The summed E-state index contributed by atoms with van der Waals surface area (Å²) >= 11 is 0. The third kappa shape index (κ3) is 4.96. The number of rotatable bonds is 7. The molecule has 0 aromatic carbocycles. The van der Waals surface area contributed by atoms with E-state index in [1.54, 1.807) is 14.8 Å². The Hall–Kier alpha value is -1.26. The Balaban J connectivity index is 1.49. The van der Waals surface area contributed by atoms with Gasteiger partial charge in [-0.3, -0.25) is 0 Å². The van der Waals surface area contributed by atoms with Crippen LogP contribution in [-0.2, 0) is 21.5 Å². The minimum atomic E-state index is -3.53. The molecule has 3 heterocycles. The lowest BCUT2D eigenvalue weighted by atomic mass is 9.79. The van der Waals surface area contributed by atoms with Crippen molar-refractivity contribution in [3.8, 4) is 5.88 Å². The minimum Gasteiger partial charge on any atom is -0.476 e. The molecule has 2 aliphatic heterocycles. The lowest BCUT2D eigenvalue weighted by molar-refractivity contribution is 0.0692. The van der Waals surface area contributed by atoms with Crippen LogP contribution in [0.15, 0.2) is 18.3 Å². The highest BCUT2D eigenvalue weighted by Gasteiger charge is 2.45. The molecule has 2 atom stereocenters. The van der Waals surface area contributed by atoms with Crippen molar-refractivity contribution in [1.82, 2.24) is 13.6 Å². The third-order valence-corrected chi connectivity index (χ3v) is 8.82. The van der Waals surface area contributed by atoms with E-state index in [1.807, 2.05) is 12.1 Å². The van der Waals surface area contributed by atoms with Crippen LogP contribution in [0.2, 0.25) is 0 Å². The second-order valence-corrected chi connectivity index (χ2v) is 10.5. The highest BCUT2D eigenvalue weighted by atomic mass is 32.2. The van der Waals surface area contributed by atoms with Crippen LogP contribution in [0.3, 0.4) is 0 Å². The van der Waals surface area contributed by atoms with Gasteiger partial charge in [-0.05, 0) is 29.9 Å². The molecule has 1 saturated carbocycles. The van der Waals surface area contributed by atoms with Crippen LogP contribution in [0.1, 0.15) is 44.1 Å². The third-order valence-electron chi connectivity index (χ3n) is 6.76. The Morgan fingerprint density at radius 3 is 2.67 bits per heavy atom. The fourth-order valence-corrected chi connectivity index (χ4v) is 6.88. The summed E-state index contributed by atoms with van der Waals surface area (Å²) in [4.78, 5) is 4.26. The number of hydrogen-bond donors (Lipinski definition) is 1. The van der Waals surface area contributed by atoms with Gasteiger partial charge in [0.2, 0.25) is 5.88 Å². The number of ether oxygens (including phenoxy) is 2. The summed E-state index contributed by atoms with van der Waals surface area (Å²) in [7, 11) is -3.53. The number of hydrogen-bond acceptors (Lipinski definition) is 6. The zero-order valence-electron chi connectivity index (χ0n) is 17.6. The average molecular weight is 439 g/mol. The van der Waals surface area contributed by atoms with Gasteiger partial charge in [0.1, 0.15) is 6.61 Å². The zero-order valence-corrected chi connectivity index (χ0v) is 18.4. The molecule has 3 aliphatic rings. The van der Waals surface area contributed by atoms with Crippen molar-refractivity contribution in [3.05, 3.63) is 23.9 Å². The van der Waals surface area contributed by atoms with Crippen LogP contribution in [0, 0.1) is 11.8 Å². The lowest BCUT2D eigenvalue weighted by Gasteiger charge is -2.33. The van der Waals surface area contributed by atoms with Gasteiger partial charge >= 0.3 is 0 Å². The topological polar surface area (TPSA) is 98.0 Å². The first kappa shape index (κ1) is 22.0. The van der Waals surface area contributed by atoms with Crippen molar-refractivity contribution in [3.63, 3.8) is 0 Å². The number of morpholine rings is 1. The molecule has 168 valence electrons. The molecule has 30 heavy (non-hydrogen) atoms. The van der Waals surface area contributed by atoms with E-state index in [2.05, 4.69) is 4.98 Å². The summed E-state index contributed by atoms with van der Waals surface area (Å²) in [6, 6.07) is 3.51. The molecular formula is C21H34N4O4S. The van der Waals surface area contributed by atoms with E-state index in [1.165, 1.54) is 32.1 Å². The van der Waals surface area contributed by atoms with Crippen molar-refractivity contribution in [2.75, 3.05) is 39.5 Å². The van der Waals surface area contributed by atoms with E-state index in [9.17, 15) is 8.42 Å². The normalized spacial score (nSPS) is 27.4. The largest absolute Gasteiger partial charge is 0.476 e. The lowest BCUT2D eigenvalue weighted by Crippen LogP contribution is -2.51. The van der Waals surface area contributed by atoms with Gasteiger partial charge in [-0.1, -0.05) is 32.1 Å². The summed E-state index contributed by atoms with van der Waals surface area (Å²) in [6.45, 7) is 3.07. The predicted molar refractivity (Wildman–Crippen MR) is 114 cm³/mol. The van der Waals surface area contributed by atoms with Gasteiger partial charge in [0, 0.05) is 38.4 Å². The molecule has 4 rings (SSSR count). The Kier molecular flexibility index (Phi) is 7.25. The molecule has 0 unspecified atom stereocenters. The maximum Gasteiger partial charge on any atom is 0.282 e. The first-order chi connectivity index (χ1) is 14.6. The summed E-state index contributed by atoms with van der Waals surface area (Å²) < 4.78 is 41.5. The van der Waals surface area contributed by atoms with Gasteiger partial charge < -0.3 is 15.2 Å². The molecule has 8 nitrogen and oxygen atoms in total. The summed E-state index contributed by atoms with van der Waals surface area (Å²) in [5.41, 5.74) is 6.66. The van der Waals surface area contributed by atoms with Crippen LogP contribution in [0.25, 0.3) is 0 Å². The van der Waals surface area contributed by atoms with E-state index >= 15 is 0 Å². The molecule has 1 aromatic rings. The molecule has 0 amide bonds. The number of nitrogens with zero attached hydrogens (tertiary/aromatic N) is 3. The molecule has 2 N–H and O–H groups in total. The SMILES string of the molecule is NCc1ccnc(OC[C@H]2C[C@@H](C3CCCCC3)CN2S(=O)(=O)N2CCOCC2)c1. The Morgan fingerprint density at radius 2 is 1.93 bits per heavy atom. The van der Waals surface area contributed by atoms with Crippen LogP contribution >= 0.6 is 0 Å². The molecule has 1 aliphatic carbocycles. The van der Waals surface area contributed by atoms with E-state index in [-0.39, 0.29) is 6.04 Å². The van der Waals surface area contributed by atoms with Crippen molar-refractivity contribution in [1.29, 1.82) is 0 Å². The summed E-state index contributed by atoms with van der Waals surface area (Å²) in [5, 5.41) is 0. The van der Waals surface area contributed by atoms with Gasteiger partial charge in [0.25, 0.3) is 10.2 Å². The van der Waals surface area contributed by atoms with Crippen molar-refractivity contribution in [2.45, 2.75) is 51.1 Å². The van der Waals surface area contributed by atoms with Gasteiger partial charge in [-0.15, -0.1) is 0 Å². The summed E-state index contributed by atoms with van der Waals surface area (Å²) in [6.07, 6.45) is 8.77. The number of pyridine rings is 1. The van der Waals surface area contributed by atoms with Crippen LogP contribution < -0.4 is 10.5 Å². The van der Waals surface area contributed by atoms with Crippen molar-refractivity contribution < 1.29 is 17.9 Å². The second-order valence-electron chi connectivity index (χ2n) is 8.65. The second kappa shape index (κ2) is 9.91. The zero-order chi connectivity index (χ0) is 21.0. The highest BCUT2D eigenvalue weighted by molar-refractivity contribution is 7.86. The first-order valence-corrected chi connectivity index (χ1v) is 12.6. The number of nitrogens with two attached hydrogens (primary N) is 1. The smallest absolute Gasteiger partial charge is 0.282 e. The van der Waals surface area contributed by atoms with Crippen molar-refractivity contribution >= 4 is 10.2 Å². The molecule has 0 bridgehead atoms. The molecule has 0 spiro atoms. The van der Waals surface area contributed by atoms with Crippen LogP contribution in [0.4, 0.5) is 0 Å². The first-order valence-electron chi connectivity index (χ1n) is 11.2. The highest BCUT2D eigenvalue weighted by Crippen LogP contribution is 2.39. The maximum atomic E-state index is 13.4. The van der Waals surface area contributed by atoms with E-state index in [0.717, 1.165) is 12.0 Å². The van der Waals surface area contributed by atoms with E-state index in [0.29, 0.717) is 63.7 Å². The predicted octanol–water partition coefficient (Wildman–Crippen LogP) is 1.77. The fourth-order valence-electron chi connectivity index (χ4n) is 5.07. The fraction of sp³-hybridized carbons (Fsp3) is 0.762. The Labute approximate surface area is 179 Å². The van der Waals surface area contributed by atoms with Gasteiger partial charge in [-0.2, -0.15) is 17.0 Å². The molecule has 9 heteroatoms. The van der Waals surface area contributed by atoms with E-state index in [4.69, 9.17) is 15.2 Å². The molecule has 0 radical (unpaired) electrons. The molecular weight excluding hydrogens is 404 g/mol. The standard InChI is InChI=1S/C21H34N4O4S/c22-14-17-6-7-23-21(12-17)29-16-20-13-19(18-4-2-1-3-5-18)15-25(20)30(26,27)24-8-10-28-11-9-24/h6-7,12,18-20H,1-5,8-11,13-16,22H2/t19-,20-/m1/s1. The molecule has 2 saturated heterocycles. The van der Waals surface area contributed by atoms with Crippen LogP contribution in [0.5, 0.6) is 5.88 Å². The van der Waals surface area contributed by atoms with Crippen LogP contribution in [-0.4, -0.2) is 67.5 Å². The minimum absolute atomic E-state index is 0.173. The van der Waals surface area contributed by atoms with Gasteiger partial charge in [0.05, 0.1) is 19.3 Å². The Morgan fingerprint density at radius 1 is 1.17 bits per heavy atom. The summed E-state index contributed by atoms with van der Waals surface area (Å²) in [5.74, 6) is 1.52. The quantitative estimate of drug-likeness (QED) is 0.697.